The Morgan fingerprint density at radius 2 is 2.03 bits per heavy atom. The van der Waals surface area contributed by atoms with Gasteiger partial charge in [-0.1, -0.05) is 11.6 Å². The Bertz CT molecular complexity index is 1140. The molecule has 10 nitrogen and oxygen atoms in total. The first-order valence-electron chi connectivity index (χ1n) is 10.3. The van der Waals surface area contributed by atoms with E-state index >= 15 is 0 Å². The van der Waals surface area contributed by atoms with Crippen molar-refractivity contribution in [3.63, 3.8) is 0 Å². The Morgan fingerprint density at radius 1 is 1.31 bits per heavy atom. The Kier molecular flexibility index (Phi) is 7.01. The van der Waals surface area contributed by atoms with Crippen LogP contribution in [0.4, 0.5) is 5.82 Å². The molecule has 2 aromatic rings. The lowest BCUT2D eigenvalue weighted by Crippen LogP contribution is -2.31. The highest BCUT2D eigenvalue weighted by molar-refractivity contribution is 7.87. The van der Waals surface area contributed by atoms with E-state index in [-0.39, 0.29) is 17.8 Å². The predicted octanol–water partition coefficient (Wildman–Crippen LogP) is 2.06. The van der Waals surface area contributed by atoms with Gasteiger partial charge in [0.25, 0.3) is 0 Å². The third kappa shape index (κ3) is 5.17. The SMILES string of the molecule is COc1cc(/C=C2\CCN(C(C)c3cc(NC(C)=O)n(S(=O)(=O)N(C)C)n3)C2)cc(C)n1. The van der Waals surface area contributed by atoms with Crippen LogP contribution in [0.2, 0.25) is 0 Å². The lowest BCUT2D eigenvalue weighted by molar-refractivity contribution is -0.114. The summed E-state index contributed by atoms with van der Waals surface area (Å²) in [6.45, 7) is 6.79. The van der Waals surface area contributed by atoms with E-state index in [0.29, 0.717) is 11.6 Å². The molecule has 3 rings (SSSR count). The van der Waals surface area contributed by atoms with Crippen LogP contribution in [0.25, 0.3) is 6.08 Å². The highest BCUT2D eigenvalue weighted by atomic mass is 32.2. The number of ether oxygens (including phenoxy) is 1. The first-order valence-corrected chi connectivity index (χ1v) is 11.7. The molecule has 1 aliphatic rings. The quantitative estimate of drug-likeness (QED) is 0.671. The Morgan fingerprint density at radius 3 is 2.66 bits per heavy atom. The van der Waals surface area contributed by atoms with E-state index in [4.69, 9.17) is 4.74 Å². The number of hydrogen-bond donors (Lipinski definition) is 1. The summed E-state index contributed by atoms with van der Waals surface area (Å²) in [6.07, 6.45) is 3.03. The van der Waals surface area contributed by atoms with E-state index in [9.17, 15) is 13.2 Å². The Hall–Kier alpha value is -2.76. The molecule has 1 N–H and O–H groups in total. The second-order valence-corrected chi connectivity index (χ2v) is 10.0. The van der Waals surface area contributed by atoms with Crippen molar-refractivity contribution in [2.75, 3.05) is 39.6 Å². The summed E-state index contributed by atoms with van der Waals surface area (Å²) in [5, 5.41) is 6.90. The maximum absolute atomic E-state index is 12.7. The second kappa shape index (κ2) is 9.39. The number of pyridine rings is 1. The highest BCUT2D eigenvalue weighted by Crippen LogP contribution is 2.30. The number of methoxy groups -OCH3 is 1. The van der Waals surface area contributed by atoms with Gasteiger partial charge in [0, 0.05) is 51.9 Å². The summed E-state index contributed by atoms with van der Waals surface area (Å²) in [4.78, 5) is 18.1. The van der Waals surface area contributed by atoms with Crippen molar-refractivity contribution >= 4 is 28.0 Å². The average molecular weight is 463 g/mol. The van der Waals surface area contributed by atoms with Crippen LogP contribution < -0.4 is 10.1 Å². The fraction of sp³-hybridized carbons (Fsp3) is 0.476. The minimum Gasteiger partial charge on any atom is -0.481 e. The third-order valence-corrected chi connectivity index (χ3v) is 6.95. The van der Waals surface area contributed by atoms with Crippen molar-refractivity contribution in [3.05, 3.63) is 40.7 Å². The summed E-state index contributed by atoms with van der Waals surface area (Å²) in [5.74, 6) is 0.342. The molecule has 32 heavy (non-hydrogen) atoms. The van der Waals surface area contributed by atoms with Gasteiger partial charge in [-0.15, -0.1) is 4.09 Å². The third-order valence-electron chi connectivity index (χ3n) is 5.32. The number of carbonyl (C=O) groups excluding carboxylic acids is 1. The molecule has 1 atom stereocenters. The number of aromatic nitrogens is 3. The zero-order chi connectivity index (χ0) is 23.6. The fourth-order valence-electron chi connectivity index (χ4n) is 3.61. The average Bonchev–Trinajstić information content (AvgIpc) is 3.34. The van der Waals surface area contributed by atoms with Crippen LogP contribution >= 0.6 is 0 Å². The molecule has 0 saturated carbocycles. The standard InChI is InChI=1S/C21H30N6O4S/c1-14-9-18(11-21(22-14)31-6)10-17-7-8-26(13-17)15(2)19-12-20(23-16(3)28)27(24-19)32(29,30)25(4)5/h9-12,15H,7-8,13H2,1-6H3,(H,23,28)/b17-10+. The normalized spacial score (nSPS) is 17.2. The summed E-state index contributed by atoms with van der Waals surface area (Å²) in [7, 11) is 0.568. The van der Waals surface area contributed by atoms with Crippen molar-refractivity contribution in [2.45, 2.75) is 33.2 Å². The number of anilines is 1. The van der Waals surface area contributed by atoms with Crippen LogP contribution in [0.1, 0.15) is 43.3 Å². The smallest absolute Gasteiger partial charge is 0.324 e. The van der Waals surface area contributed by atoms with Crippen molar-refractivity contribution in [2.24, 2.45) is 0 Å². The molecule has 1 fully saturated rings. The molecule has 1 amide bonds. The van der Waals surface area contributed by atoms with Gasteiger partial charge in [-0.25, -0.2) is 4.98 Å². The maximum atomic E-state index is 12.7. The monoisotopic (exact) mass is 462 g/mol. The molecular formula is C21H30N6O4S. The van der Waals surface area contributed by atoms with Crippen LogP contribution in [0.3, 0.4) is 0 Å². The van der Waals surface area contributed by atoms with Crippen LogP contribution in [0.5, 0.6) is 5.88 Å². The summed E-state index contributed by atoms with van der Waals surface area (Å²) >= 11 is 0. The molecule has 1 saturated heterocycles. The van der Waals surface area contributed by atoms with Gasteiger partial charge in [-0.3, -0.25) is 9.69 Å². The van der Waals surface area contributed by atoms with Gasteiger partial charge in [0.2, 0.25) is 11.8 Å². The van der Waals surface area contributed by atoms with Gasteiger partial charge in [0.15, 0.2) is 0 Å². The van der Waals surface area contributed by atoms with E-state index in [1.807, 2.05) is 26.0 Å². The van der Waals surface area contributed by atoms with Crippen molar-refractivity contribution in [3.8, 4) is 5.88 Å². The molecule has 1 aliphatic heterocycles. The number of aryl methyl sites for hydroxylation is 1. The molecule has 0 aliphatic carbocycles. The number of nitrogens with zero attached hydrogens (tertiary/aromatic N) is 5. The number of likely N-dealkylation sites (tertiary alicyclic amines) is 1. The number of nitrogens with one attached hydrogen (secondary N) is 1. The predicted molar refractivity (Wildman–Crippen MR) is 123 cm³/mol. The molecule has 3 heterocycles. The number of amides is 1. The van der Waals surface area contributed by atoms with E-state index in [1.165, 1.54) is 26.6 Å². The Balaban J connectivity index is 1.84. The molecule has 0 aromatic carbocycles. The molecule has 1 unspecified atom stereocenters. The summed E-state index contributed by atoms with van der Waals surface area (Å²) < 4.78 is 32.5. The van der Waals surface area contributed by atoms with Gasteiger partial charge in [0.1, 0.15) is 5.82 Å². The second-order valence-electron chi connectivity index (χ2n) is 8.05. The summed E-state index contributed by atoms with van der Waals surface area (Å²) in [5.41, 5.74) is 3.75. The largest absolute Gasteiger partial charge is 0.481 e. The zero-order valence-corrected chi connectivity index (χ0v) is 20.1. The van der Waals surface area contributed by atoms with Gasteiger partial charge in [0.05, 0.1) is 18.8 Å². The Labute approximate surface area is 189 Å². The molecule has 0 spiro atoms. The zero-order valence-electron chi connectivity index (χ0n) is 19.3. The highest BCUT2D eigenvalue weighted by Gasteiger charge is 2.29. The first-order chi connectivity index (χ1) is 15.0. The minimum absolute atomic E-state index is 0.127. The molecule has 0 radical (unpaired) electrons. The van der Waals surface area contributed by atoms with Gasteiger partial charge in [-0.05, 0) is 31.9 Å². The minimum atomic E-state index is -3.88. The number of hydrogen-bond acceptors (Lipinski definition) is 7. The lowest BCUT2D eigenvalue weighted by Gasteiger charge is -2.21. The van der Waals surface area contributed by atoms with E-state index in [1.54, 1.807) is 13.2 Å². The van der Waals surface area contributed by atoms with Crippen molar-refractivity contribution < 1.29 is 17.9 Å². The molecular weight excluding hydrogens is 432 g/mol. The van der Waals surface area contributed by atoms with Crippen molar-refractivity contribution in [1.82, 2.24) is 23.4 Å². The maximum Gasteiger partial charge on any atom is 0.324 e. The molecule has 2 aromatic heterocycles. The van der Waals surface area contributed by atoms with Gasteiger partial charge in [-0.2, -0.15) is 17.8 Å². The molecule has 0 bridgehead atoms. The van der Waals surface area contributed by atoms with E-state index in [2.05, 4.69) is 26.4 Å². The lowest BCUT2D eigenvalue weighted by atomic mass is 10.1. The molecule has 174 valence electrons. The van der Waals surface area contributed by atoms with Gasteiger partial charge < -0.3 is 10.1 Å². The van der Waals surface area contributed by atoms with Crippen molar-refractivity contribution in [1.29, 1.82) is 0 Å². The number of carbonyl (C=O) groups is 1. The van der Waals surface area contributed by atoms with Gasteiger partial charge >= 0.3 is 10.2 Å². The van der Waals surface area contributed by atoms with Crippen LogP contribution in [0, 0.1) is 6.92 Å². The van der Waals surface area contributed by atoms with Crippen LogP contribution in [-0.2, 0) is 15.0 Å². The van der Waals surface area contributed by atoms with E-state index < -0.39 is 10.2 Å². The topological polar surface area (TPSA) is 110 Å². The molecule has 11 heteroatoms. The van der Waals surface area contributed by atoms with Crippen LogP contribution in [0.15, 0.2) is 23.8 Å². The first kappa shape index (κ1) is 23.9. The van der Waals surface area contributed by atoms with Crippen LogP contribution in [-0.4, -0.2) is 72.0 Å². The van der Waals surface area contributed by atoms with E-state index in [0.717, 1.165) is 39.2 Å². The summed E-state index contributed by atoms with van der Waals surface area (Å²) in [6, 6.07) is 5.39. The number of rotatable bonds is 7. The fourth-order valence-corrected chi connectivity index (χ4v) is 4.46.